The molecular weight excluding hydrogens is 407 g/mol. The van der Waals surface area contributed by atoms with Crippen LogP contribution in [0.5, 0.6) is 0 Å². The van der Waals surface area contributed by atoms with Crippen molar-refractivity contribution >= 4 is 49.9 Å². The number of rotatable bonds is 3. The molecule has 7 nitrogen and oxygen atoms in total. The number of nitrogens with zero attached hydrogens (tertiary/aromatic N) is 2. The number of hydrogen-bond acceptors (Lipinski definition) is 6. The zero-order valence-corrected chi connectivity index (χ0v) is 16.8. The van der Waals surface area contributed by atoms with Crippen LogP contribution in [-0.4, -0.2) is 43.1 Å². The van der Waals surface area contributed by atoms with Gasteiger partial charge in [0.25, 0.3) is 0 Å². The predicted octanol–water partition coefficient (Wildman–Crippen LogP) is 3.34. The van der Waals surface area contributed by atoms with Crippen molar-refractivity contribution in [3.8, 4) is 0 Å². The van der Waals surface area contributed by atoms with Gasteiger partial charge in [0.15, 0.2) is 5.13 Å². The maximum absolute atomic E-state index is 13.5. The molecule has 1 fully saturated rings. The van der Waals surface area contributed by atoms with Gasteiger partial charge in [-0.05, 0) is 35.9 Å². The van der Waals surface area contributed by atoms with Gasteiger partial charge in [0.05, 0.1) is 29.3 Å². The summed E-state index contributed by atoms with van der Waals surface area (Å²) >= 11 is 1.57. The number of carbonyl (C=O) groups is 2. The summed E-state index contributed by atoms with van der Waals surface area (Å²) in [6, 6.07) is 9.66. The Hall–Kier alpha value is -3.04. The van der Waals surface area contributed by atoms with Gasteiger partial charge in [0.1, 0.15) is 5.82 Å². The lowest BCUT2D eigenvalue weighted by molar-refractivity contribution is -0.123. The lowest BCUT2D eigenvalue weighted by atomic mass is 9.89. The molecule has 9 heteroatoms. The van der Waals surface area contributed by atoms with Crippen LogP contribution in [0.25, 0.3) is 10.2 Å². The quantitative estimate of drug-likeness (QED) is 0.671. The van der Waals surface area contributed by atoms with Crippen LogP contribution in [0.2, 0.25) is 0 Å². The van der Waals surface area contributed by atoms with E-state index in [1.807, 2.05) is 12.1 Å². The second-order valence-electron chi connectivity index (χ2n) is 7.30. The fourth-order valence-electron chi connectivity index (χ4n) is 3.78. The van der Waals surface area contributed by atoms with Crippen molar-refractivity contribution in [2.24, 2.45) is 0 Å². The second kappa shape index (κ2) is 7.66. The SMILES string of the molecule is O=C1CC(C(=O)Nc2ccc3nc(N4CCOCC4)sc3c2)c2ccc(F)cc2N1. The largest absolute Gasteiger partial charge is 0.378 e. The molecule has 1 unspecified atom stereocenters. The third kappa shape index (κ3) is 3.61. The molecule has 5 rings (SSSR count). The molecule has 3 aromatic rings. The fourth-order valence-corrected chi connectivity index (χ4v) is 4.84. The first-order chi connectivity index (χ1) is 14.6. The van der Waals surface area contributed by atoms with Gasteiger partial charge in [0.2, 0.25) is 11.8 Å². The molecule has 1 saturated heterocycles. The summed E-state index contributed by atoms with van der Waals surface area (Å²) in [5.41, 5.74) is 2.47. The highest BCUT2D eigenvalue weighted by molar-refractivity contribution is 7.22. The number of benzene rings is 2. The molecule has 1 aromatic heterocycles. The summed E-state index contributed by atoms with van der Waals surface area (Å²) < 4.78 is 19.9. The van der Waals surface area contributed by atoms with E-state index in [1.165, 1.54) is 12.1 Å². The lowest BCUT2D eigenvalue weighted by Crippen LogP contribution is -2.36. The number of aromatic nitrogens is 1. The standard InChI is InChI=1S/C21H19FN4O3S/c22-12-1-3-14-15(11-19(27)24-17(14)9-12)20(28)23-13-2-4-16-18(10-13)30-21(25-16)26-5-7-29-8-6-26/h1-4,9-10,15H,5-8,11H2,(H,23,28)(H,24,27). The first kappa shape index (κ1) is 19.0. The van der Waals surface area contributed by atoms with E-state index < -0.39 is 11.7 Å². The smallest absolute Gasteiger partial charge is 0.232 e. The molecule has 0 aliphatic carbocycles. The summed E-state index contributed by atoms with van der Waals surface area (Å²) in [5, 5.41) is 6.47. The fraction of sp³-hybridized carbons (Fsp3) is 0.286. The first-order valence-corrected chi connectivity index (χ1v) is 10.5. The lowest BCUT2D eigenvalue weighted by Gasteiger charge is -2.25. The van der Waals surface area contributed by atoms with E-state index in [1.54, 1.807) is 23.5 Å². The van der Waals surface area contributed by atoms with Crippen LogP contribution in [-0.2, 0) is 14.3 Å². The molecule has 2 aromatic carbocycles. The molecule has 2 N–H and O–H groups in total. The van der Waals surface area contributed by atoms with Gasteiger partial charge >= 0.3 is 0 Å². The Morgan fingerprint density at radius 3 is 2.90 bits per heavy atom. The van der Waals surface area contributed by atoms with Crippen LogP contribution in [0.3, 0.4) is 0 Å². The molecule has 2 amide bonds. The Balaban J connectivity index is 1.38. The third-order valence-electron chi connectivity index (χ3n) is 5.30. The Labute approximate surface area is 175 Å². The van der Waals surface area contributed by atoms with Gasteiger partial charge in [-0.1, -0.05) is 17.4 Å². The highest BCUT2D eigenvalue weighted by Gasteiger charge is 2.31. The number of halogens is 1. The Morgan fingerprint density at radius 2 is 2.07 bits per heavy atom. The van der Waals surface area contributed by atoms with Crippen LogP contribution in [0.4, 0.5) is 20.9 Å². The van der Waals surface area contributed by atoms with Crippen LogP contribution in [0.1, 0.15) is 17.9 Å². The number of nitrogens with one attached hydrogen (secondary N) is 2. The number of anilines is 3. The van der Waals surface area contributed by atoms with Crippen molar-refractivity contribution in [1.82, 2.24) is 4.98 Å². The average Bonchev–Trinajstić information content (AvgIpc) is 3.17. The first-order valence-electron chi connectivity index (χ1n) is 9.70. The molecular formula is C21H19FN4O3S. The second-order valence-corrected chi connectivity index (χ2v) is 8.31. The average molecular weight is 426 g/mol. The molecule has 0 spiro atoms. The van der Waals surface area contributed by atoms with Gasteiger partial charge in [0, 0.05) is 30.9 Å². The Morgan fingerprint density at radius 1 is 1.23 bits per heavy atom. The van der Waals surface area contributed by atoms with Gasteiger partial charge in [-0.2, -0.15) is 0 Å². The van der Waals surface area contributed by atoms with E-state index in [-0.39, 0.29) is 18.2 Å². The van der Waals surface area contributed by atoms with Gasteiger partial charge in [-0.15, -0.1) is 0 Å². The minimum Gasteiger partial charge on any atom is -0.378 e. The molecule has 0 bridgehead atoms. The van der Waals surface area contributed by atoms with Crippen molar-refractivity contribution in [1.29, 1.82) is 0 Å². The van der Waals surface area contributed by atoms with Gasteiger partial charge in [-0.25, -0.2) is 9.37 Å². The molecule has 2 aliphatic heterocycles. The zero-order chi connectivity index (χ0) is 20.7. The van der Waals surface area contributed by atoms with Crippen LogP contribution >= 0.6 is 11.3 Å². The Kier molecular flexibility index (Phi) is 4.84. The Bertz CT molecular complexity index is 1140. The van der Waals surface area contributed by atoms with Gasteiger partial charge in [-0.3, -0.25) is 9.59 Å². The zero-order valence-electron chi connectivity index (χ0n) is 16.0. The van der Waals surface area contributed by atoms with E-state index in [2.05, 4.69) is 20.5 Å². The van der Waals surface area contributed by atoms with Crippen molar-refractivity contribution < 1.29 is 18.7 Å². The number of hydrogen-bond donors (Lipinski definition) is 2. The highest BCUT2D eigenvalue weighted by atomic mass is 32.1. The number of ether oxygens (including phenoxy) is 1. The molecule has 154 valence electrons. The molecule has 0 radical (unpaired) electrons. The van der Waals surface area contributed by atoms with E-state index in [0.717, 1.165) is 28.4 Å². The van der Waals surface area contributed by atoms with E-state index in [0.29, 0.717) is 30.2 Å². The third-order valence-corrected chi connectivity index (χ3v) is 6.38. The monoisotopic (exact) mass is 426 g/mol. The summed E-state index contributed by atoms with van der Waals surface area (Å²) in [7, 11) is 0. The maximum atomic E-state index is 13.5. The summed E-state index contributed by atoms with van der Waals surface area (Å²) in [5.74, 6) is -1.73. The number of thiazole rings is 1. The van der Waals surface area contributed by atoms with Gasteiger partial charge < -0.3 is 20.3 Å². The molecule has 3 heterocycles. The van der Waals surface area contributed by atoms with E-state index >= 15 is 0 Å². The number of fused-ring (bicyclic) bond motifs is 2. The number of morpholine rings is 1. The van der Waals surface area contributed by atoms with Crippen molar-refractivity contribution in [3.63, 3.8) is 0 Å². The van der Waals surface area contributed by atoms with Crippen LogP contribution in [0, 0.1) is 5.82 Å². The van der Waals surface area contributed by atoms with Crippen LogP contribution < -0.4 is 15.5 Å². The minimum absolute atomic E-state index is 0.0223. The topological polar surface area (TPSA) is 83.6 Å². The van der Waals surface area contributed by atoms with Crippen molar-refractivity contribution in [2.75, 3.05) is 41.8 Å². The molecule has 0 saturated carbocycles. The molecule has 30 heavy (non-hydrogen) atoms. The normalized spacial score (nSPS) is 18.8. The van der Waals surface area contributed by atoms with Crippen molar-refractivity contribution in [2.45, 2.75) is 12.3 Å². The summed E-state index contributed by atoms with van der Waals surface area (Å²) in [6.45, 7) is 3.01. The molecule has 1 atom stereocenters. The van der Waals surface area contributed by atoms with Crippen LogP contribution in [0.15, 0.2) is 36.4 Å². The minimum atomic E-state index is -0.671. The number of carbonyl (C=O) groups excluding carboxylic acids is 2. The highest BCUT2D eigenvalue weighted by Crippen LogP contribution is 2.35. The van der Waals surface area contributed by atoms with E-state index in [4.69, 9.17) is 4.74 Å². The van der Waals surface area contributed by atoms with Crippen molar-refractivity contribution in [3.05, 3.63) is 47.8 Å². The number of amides is 2. The summed E-state index contributed by atoms with van der Waals surface area (Å²) in [4.78, 5) is 31.8. The predicted molar refractivity (Wildman–Crippen MR) is 114 cm³/mol. The van der Waals surface area contributed by atoms with E-state index in [9.17, 15) is 14.0 Å². The molecule has 2 aliphatic rings. The maximum Gasteiger partial charge on any atom is 0.232 e. The summed E-state index contributed by atoms with van der Waals surface area (Å²) in [6.07, 6.45) is 0.0223.